The monoisotopic (exact) mass is 328 g/mol. The molecule has 0 saturated carbocycles. The van der Waals surface area contributed by atoms with E-state index in [1.54, 1.807) is 44.6 Å². The topological polar surface area (TPSA) is 76.7 Å². The van der Waals surface area contributed by atoms with Gasteiger partial charge in [0, 0.05) is 30.8 Å². The highest BCUT2D eigenvalue weighted by Gasteiger charge is 2.08. The number of carbonyl (C=O) groups is 2. The summed E-state index contributed by atoms with van der Waals surface area (Å²) in [6, 6.07) is 12.2. The Morgan fingerprint density at radius 2 is 1.67 bits per heavy atom. The predicted octanol–water partition coefficient (Wildman–Crippen LogP) is 2.59. The van der Waals surface area contributed by atoms with Crippen LogP contribution in [-0.4, -0.2) is 26.0 Å². The van der Waals surface area contributed by atoms with Gasteiger partial charge in [-0.25, -0.2) is 0 Å². The van der Waals surface area contributed by atoms with Gasteiger partial charge in [-0.05, 0) is 35.9 Å². The molecule has 0 aliphatic heterocycles. The molecule has 2 aromatic rings. The zero-order valence-corrected chi connectivity index (χ0v) is 13.9. The maximum atomic E-state index is 12.3. The second kappa shape index (κ2) is 8.01. The van der Waals surface area contributed by atoms with Gasteiger partial charge in [-0.1, -0.05) is 6.07 Å². The van der Waals surface area contributed by atoms with Crippen LogP contribution < -0.4 is 20.1 Å². The first-order valence-electron chi connectivity index (χ1n) is 7.39. The molecule has 6 nitrogen and oxygen atoms in total. The molecule has 0 aromatic heterocycles. The molecule has 0 spiro atoms. The molecule has 0 aliphatic carbocycles. The van der Waals surface area contributed by atoms with Gasteiger partial charge in [0.05, 0.1) is 14.2 Å². The first kappa shape index (κ1) is 17.3. The number of nitrogens with one attached hydrogen (secondary N) is 2. The fraction of sp³-hybridized carbons (Fsp3) is 0.222. The Balaban J connectivity index is 2.06. The van der Waals surface area contributed by atoms with Gasteiger partial charge in [0.2, 0.25) is 5.91 Å². The van der Waals surface area contributed by atoms with E-state index in [4.69, 9.17) is 9.47 Å². The smallest absolute Gasteiger partial charge is 0.251 e. The summed E-state index contributed by atoms with van der Waals surface area (Å²) in [5, 5.41) is 5.49. The normalized spacial score (nSPS) is 9.96. The van der Waals surface area contributed by atoms with E-state index in [1.165, 1.54) is 6.92 Å². The van der Waals surface area contributed by atoms with Crippen molar-refractivity contribution in [2.75, 3.05) is 19.5 Å². The van der Waals surface area contributed by atoms with Crippen LogP contribution in [0.15, 0.2) is 42.5 Å². The summed E-state index contributed by atoms with van der Waals surface area (Å²) in [6.07, 6.45) is 0. The highest BCUT2D eigenvalue weighted by atomic mass is 16.5. The molecule has 0 saturated heterocycles. The highest BCUT2D eigenvalue weighted by Crippen LogP contribution is 2.22. The van der Waals surface area contributed by atoms with E-state index >= 15 is 0 Å². The minimum atomic E-state index is -0.232. The van der Waals surface area contributed by atoms with Crippen LogP contribution in [-0.2, 0) is 11.3 Å². The molecule has 0 radical (unpaired) electrons. The lowest BCUT2D eigenvalue weighted by molar-refractivity contribution is -0.114. The number of benzene rings is 2. The number of methoxy groups -OCH3 is 2. The van der Waals surface area contributed by atoms with Crippen molar-refractivity contribution < 1.29 is 19.1 Å². The molecule has 2 amide bonds. The fourth-order valence-corrected chi connectivity index (χ4v) is 2.19. The molecule has 2 rings (SSSR count). The molecule has 6 heteroatoms. The van der Waals surface area contributed by atoms with Crippen molar-refractivity contribution in [1.82, 2.24) is 5.32 Å². The van der Waals surface area contributed by atoms with Crippen LogP contribution in [0, 0.1) is 0 Å². The lowest BCUT2D eigenvalue weighted by atomic mass is 10.1. The van der Waals surface area contributed by atoms with Crippen LogP contribution in [0.3, 0.4) is 0 Å². The third-order valence-corrected chi connectivity index (χ3v) is 3.31. The van der Waals surface area contributed by atoms with Gasteiger partial charge in [-0.15, -0.1) is 0 Å². The molecule has 0 unspecified atom stereocenters. The van der Waals surface area contributed by atoms with Gasteiger partial charge in [-0.2, -0.15) is 0 Å². The third kappa shape index (κ3) is 4.74. The molecule has 0 fully saturated rings. The molecule has 2 N–H and O–H groups in total. The minimum absolute atomic E-state index is 0.184. The number of hydrogen-bond acceptors (Lipinski definition) is 4. The van der Waals surface area contributed by atoms with E-state index in [0.29, 0.717) is 29.3 Å². The number of ether oxygens (including phenoxy) is 2. The summed E-state index contributed by atoms with van der Waals surface area (Å²) in [5.74, 6) is 0.900. The Hall–Kier alpha value is -3.02. The van der Waals surface area contributed by atoms with Crippen molar-refractivity contribution in [3.63, 3.8) is 0 Å². The quantitative estimate of drug-likeness (QED) is 0.854. The Bertz CT molecular complexity index is 721. The maximum absolute atomic E-state index is 12.3. The average Bonchev–Trinajstić information content (AvgIpc) is 2.58. The van der Waals surface area contributed by atoms with E-state index in [1.807, 2.05) is 12.1 Å². The SMILES string of the molecule is COc1cc(CNC(=O)c2cccc(NC(C)=O)c2)cc(OC)c1. The molecule has 0 heterocycles. The van der Waals surface area contributed by atoms with Gasteiger partial charge in [0.15, 0.2) is 0 Å². The van der Waals surface area contributed by atoms with Crippen LogP contribution in [0.1, 0.15) is 22.8 Å². The average molecular weight is 328 g/mol. The number of anilines is 1. The Morgan fingerprint density at radius 1 is 1.00 bits per heavy atom. The Labute approximate surface area is 140 Å². The van der Waals surface area contributed by atoms with E-state index < -0.39 is 0 Å². The van der Waals surface area contributed by atoms with Crippen LogP contribution in [0.5, 0.6) is 11.5 Å². The number of rotatable bonds is 6. The summed E-state index contributed by atoms with van der Waals surface area (Å²) in [4.78, 5) is 23.4. The Morgan fingerprint density at radius 3 is 2.25 bits per heavy atom. The fourth-order valence-electron chi connectivity index (χ4n) is 2.19. The Kier molecular flexibility index (Phi) is 5.78. The molecule has 0 atom stereocenters. The van der Waals surface area contributed by atoms with Crippen LogP contribution in [0.2, 0.25) is 0 Å². The van der Waals surface area contributed by atoms with Crippen LogP contribution in [0.25, 0.3) is 0 Å². The molecule has 126 valence electrons. The zero-order valence-electron chi connectivity index (χ0n) is 13.9. The molecular formula is C18H20N2O4. The van der Waals surface area contributed by atoms with Crippen molar-refractivity contribution in [1.29, 1.82) is 0 Å². The zero-order chi connectivity index (χ0) is 17.5. The van der Waals surface area contributed by atoms with Crippen molar-refractivity contribution in [3.05, 3.63) is 53.6 Å². The second-order valence-corrected chi connectivity index (χ2v) is 5.17. The summed E-state index contributed by atoms with van der Waals surface area (Å²) in [7, 11) is 3.15. The van der Waals surface area contributed by atoms with E-state index in [2.05, 4.69) is 10.6 Å². The van der Waals surface area contributed by atoms with Gasteiger partial charge in [0.25, 0.3) is 5.91 Å². The molecule has 0 aliphatic rings. The third-order valence-electron chi connectivity index (χ3n) is 3.31. The molecule has 24 heavy (non-hydrogen) atoms. The van der Waals surface area contributed by atoms with Gasteiger partial charge < -0.3 is 20.1 Å². The maximum Gasteiger partial charge on any atom is 0.251 e. The standard InChI is InChI=1S/C18H20N2O4/c1-12(21)20-15-6-4-5-14(9-15)18(22)19-11-13-7-16(23-2)10-17(8-13)24-3/h4-10H,11H2,1-3H3,(H,19,22)(H,20,21). The highest BCUT2D eigenvalue weighted by molar-refractivity contribution is 5.96. The van der Waals surface area contributed by atoms with Gasteiger partial charge in [-0.3, -0.25) is 9.59 Å². The first-order valence-corrected chi connectivity index (χ1v) is 7.39. The van der Waals surface area contributed by atoms with Crippen molar-refractivity contribution in [2.45, 2.75) is 13.5 Å². The summed E-state index contributed by atoms with van der Waals surface area (Å²) in [6.45, 7) is 1.75. The number of hydrogen-bond donors (Lipinski definition) is 2. The molecular weight excluding hydrogens is 308 g/mol. The summed E-state index contributed by atoms with van der Waals surface area (Å²) >= 11 is 0. The lowest BCUT2D eigenvalue weighted by Gasteiger charge is -2.10. The van der Waals surface area contributed by atoms with Crippen LogP contribution >= 0.6 is 0 Å². The van der Waals surface area contributed by atoms with E-state index in [9.17, 15) is 9.59 Å². The number of carbonyl (C=O) groups excluding carboxylic acids is 2. The van der Waals surface area contributed by atoms with Crippen molar-refractivity contribution in [2.24, 2.45) is 0 Å². The number of amides is 2. The van der Waals surface area contributed by atoms with Gasteiger partial charge >= 0.3 is 0 Å². The van der Waals surface area contributed by atoms with E-state index in [-0.39, 0.29) is 11.8 Å². The van der Waals surface area contributed by atoms with Crippen LogP contribution in [0.4, 0.5) is 5.69 Å². The minimum Gasteiger partial charge on any atom is -0.497 e. The lowest BCUT2D eigenvalue weighted by Crippen LogP contribution is -2.23. The van der Waals surface area contributed by atoms with Crippen molar-refractivity contribution in [3.8, 4) is 11.5 Å². The molecule has 2 aromatic carbocycles. The predicted molar refractivity (Wildman–Crippen MR) is 91.5 cm³/mol. The summed E-state index contributed by atoms with van der Waals surface area (Å²) in [5.41, 5.74) is 1.91. The first-order chi connectivity index (χ1) is 11.5. The van der Waals surface area contributed by atoms with Gasteiger partial charge in [0.1, 0.15) is 11.5 Å². The second-order valence-electron chi connectivity index (χ2n) is 5.17. The van der Waals surface area contributed by atoms with Crippen molar-refractivity contribution >= 4 is 17.5 Å². The largest absolute Gasteiger partial charge is 0.497 e. The van der Waals surface area contributed by atoms with E-state index in [0.717, 1.165) is 5.56 Å². The molecule has 0 bridgehead atoms. The summed E-state index contributed by atoms with van der Waals surface area (Å²) < 4.78 is 10.4.